The molecular weight excluding hydrogens is 526 g/mol. The SMILES string of the molecule is COc1ccc(C2OCC3OC(Oc4ccccc4C(C)=O)C(NC(C)=O)C(OC(C)C(=O)O)C3O2)cc1OC. The Hall–Kier alpha value is -3.71. The third-order valence-electron chi connectivity index (χ3n) is 6.61. The van der Waals surface area contributed by atoms with E-state index in [1.165, 1.54) is 35.0 Å². The highest BCUT2D eigenvalue weighted by molar-refractivity contribution is 5.96. The molecule has 7 atom stereocenters. The lowest BCUT2D eigenvalue weighted by Gasteiger charge is -2.49. The minimum Gasteiger partial charge on any atom is -0.493 e. The van der Waals surface area contributed by atoms with E-state index in [9.17, 15) is 19.5 Å². The first kappa shape index (κ1) is 29.3. The van der Waals surface area contributed by atoms with Crippen LogP contribution in [0.4, 0.5) is 0 Å². The van der Waals surface area contributed by atoms with Gasteiger partial charge in [0.2, 0.25) is 12.2 Å². The summed E-state index contributed by atoms with van der Waals surface area (Å²) in [6.45, 7) is 4.13. The molecule has 40 heavy (non-hydrogen) atoms. The zero-order valence-electron chi connectivity index (χ0n) is 22.8. The zero-order valence-corrected chi connectivity index (χ0v) is 22.8. The highest BCUT2D eigenvalue weighted by atomic mass is 16.8. The third-order valence-corrected chi connectivity index (χ3v) is 6.61. The van der Waals surface area contributed by atoms with Gasteiger partial charge in [0.05, 0.1) is 26.4 Å². The smallest absolute Gasteiger partial charge is 0.332 e. The zero-order chi connectivity index (χ0) is 29.0. The van der Waals surface area contributed by atoms with Gasteiger partial charge in [0.1, 0.15) is 30.1 Å². The maximum Gasteiger partial charge on any atom is 0.332 e. The van der Waals surface area contributed by atoms with Gasteiger partial charge in [0, 0.05) is 12.5 Å². The summed E-state index contributed by atoms with van der Waals surface area (Å²) >= 11 is 0. The second kappa shape index (κ2) is 12.6. The van der Waals surface area contributed by atoms with Gasteiger partial charge in [-0.05, 0) is 38.1 Å². The molecule has 12 heteroatoms. The van der Waals surface area contributed by atoms with Crippen LogP contribution < -0.4 is 19.5 Å². The molecule has 1 amide bonds. The standard InChI is InChI=1S/C28H33NO11/c1-14(30)18-8-6-7-9-19(18)38-28-23(29-16(3)31)25(37-15(2)26(32)33)24-22(39-28)13-36-27(40-24)17-10-11-20(34-4)21(12-17)35-5/h6-12,15,22-25,27-28H,13H2,1-5H3,(H,29,31)(H,32,33). The minimum absolute atomic E-state index is 0.0337. The molecule has 2 N–H and O–H groups in total. The number of para-hydroxylation sites is 1. The van der Waals surface area contributed by atoms with Crippen LogP contribution >= 0.6 is 0 Å². The minimum atomic E-state index is -1.25. The fourth-order valence-electron chi connectivity index (χ4n) is 4.67. The van der Waals surface area contributed by atoms with Gasteiger partial charge >= 0.3 is 5.97 Å². The van der Waals surface area contributed by atoms with Crippen LogP contribution in [0.3, 0.4) is 0 Å². The number of ether oxygens (including phenoxy) is 7. The molecular formula is C28H33NO11. The number of rotatable bonds is 10. The van der Waals surface area contributed by atoms with Crippen LogP contribution in [0.1, 0.15) is 43.0 Å². The van der Waals surface area contributed by atoms with Crippen molar-refractivity contribution in [3.8, 4) is 17.2 Å². The number of benzene rings is 2. The van der Waals surface area contributed by atoms with E-state index in [1.807, 2.05) is 0 Å². The first-order chi connectivity index (χ1) is 19.1. The van der Waals surface area contributed by atoms with Crippen molar-refractivity contribution in [1.82, 2.24) is 5.32 Å². The fourth-order valence-corrected chi connectivity index (χ4v) is 4.67. The Morgan fingerprint density at radius 1 is 1.00 bits per heavy atom. The lowest BCUT2D eigenvalue weighted by molar-refractivity contribution is -0.340. The van der Waals surface area contributed by atoms with Crippen molar-refractivity contribution in [2.24, 2.45) is 0 Å². The van der Waals surface area contributed by atoms with Crippen LogP contribution in [0, 0.1) is 0 Å². The largest absolute Gasteiger partial charge is 0.493 e. The Morgan fingerprint density at radius 2 is 1.73 bits per heavy atom. The lowest BCUT2D eigenvalue weighted by Crippen LogP contribution is -2.68. The molecule has 216 valence electrons. The number of hydrogen-bond donors (Lipinski definition) is 2. The van der Waals surface area contributed by atoms with Crippen LogP contribution in [-0.4, -0.2) is 80.3 Å². The van der Waals surface area contributed by atoms with Crippen molar-refractivity contribution in [3.05, 3.63) is 53.6 Å². The van der Waals surface area contributed by atoms with E-state index in [2.05, 4.69) is 5.32 Å². The Balaban J connectivity index is 1.68. The number of carboxylic acid groups (broad SMARTS) is 1. The van der Waals surface area contributed by atoms with Crippen molar-refractivity contribution in [3.63, 3.8) is 0 Å². The van der Waals surface area contributed by atoms with Gasteiger partial charge < -0.3 is 43.6 Å². The van der Waals surface area contributed by atoms with Crippen LogP contribution in [0.5, 0.6) is 17.2 Å². The first-order valence-corrected chi connectivity index (χ1v) is 12.7. The number of hydrogen-bond acceptors (Lipinski definition) is 10. The van der Waals surface area contributed by atoms with Crippen molar-refractivity contribution < 1.29 is 52.6 Å². The number of carboxylic acids is 1. The highest BCUT2D eigenvalue weighted by Crippen LogP contribution is 2.39. The summed E-state index contributed by atoms with van der Waals surface area (Å²) in [6, 6.07) is 10.8. The number of Topliss-reactive ketones (excluding diaryl/α,β-unsaturated/α-hetero) is 1. The van der Waals surface area contributed by atoms with Crippen LogP contribution in [0.25, 0.3) is 0 Å². The van der Waals surface area contributed by atoms with Gasteiger partial charge in [-0.1, -0.05) is 18.2 Å². The second-order valence-electron chi connectivity index (χ2n) is 9.40. The van der Waals surface area contributed by atoms with E-state index in [4.69, 9.17) is 33.2 Å². The molecule has 0 aromatic heterocycles. The number of nitrogens with one attached hydrogen (secondary N) is 1. The van der Waals surface area contributed by atoms with Crippen molar-refractivity contribution in [2.75, 3.05) is 20.8 Å². The van der Waals surface area contributed by atoms with E-state index < -0.39 is 54.9 Å². The Kier molecular flexibility index (Phi) is 9.25. The van der Waals surface area contributed by atoms with Gasteiger partial charge in [0.25, 0.3) is 0 Å². The molecule has 0 spiro atoms. The molecule has 12 nitrogen and oxygen atoms in total. The molecule has 7 unspecified atom stereocenters. The lowest BCUT2D eigenvalue weighted by atomic mass is 9.94. The Labute approximate surface area is 231 Å². The average Bonchev–Trinajstić information content (AvgIpc) is 2.93. The van der Waals surface area contributed by atoms with E-state index in [1.54, 1.807) is 42.5 Å². The van der Waals surface area contributed by atoms with Gasteiger partial charge in [-0.25, -0.2) is 4.79 Å². The number of carbonyl (C=O) groups excluding carboxylic acids is 2. The Morgan fingerprint density at radius 3 is 2.38 bits per heavy atom. The predicted octanol–water partition coefficient (Wildman–Crippen LogP) is 2.49. The molecule has 2 aromatic rings. The fraction of sp³-hybridized carbons (Fsp3) is 0.464. The quantitative estimate of drug-likeness (QED) is 0.414. The number of amides is 1. The van der Waals surface area contributed by atoms with Gasteiger partial charge in [0.15, 0.2) is 29.7 Å². The summed E-state index contributed by atoms with van der Waals surface area (Å²) in [5.74, 6) is -0.633. The molecule has 0 bridgehead atoms. The van der Waals surface area contributed by atoms with Crippen LogP contribution in [0.2, 0.25) is 0 Å². The molecule has 2 aromatic carbocycles. The van der Waals surface area contributed by atoms with E-state index >= 15 is 0 Å². The summed E-state index contributed by atoms with van der Waals surface area (Å²) in [4.78, 5) is 36.3. The molecule has 2 heterocycles. The predicted molar refractivity (Wildman–Crippen MR) is 138 cm³/mol. The second-order valence-corrected chi connectivity index (χ2v) is 9.40. The van der Waals surface area contributed by atoms with E-state index in [0.29, 0.717) is 22.6 Å². The van der Waals surface area contributed by atoms with Gasteiger partial charge in [-0.2, -0.15) is 0 Å². The van der Waals surface area contributed by atoms with Gasteiger partial charge in [-0.15, -0.1) is 0 Å². The summed E-state index contributed by atoms with van der Waals surface area (Å²) in [5, 5.41) is 12.4. The molecule has 2 aliphatic rings. The van der Waals surface area contributed by atoms with Crippen molar-refractivity contribution >= 4 is 17.7 Å². The average molecular weight is 560 g/mol. The van der Waals surface area contributed by atoms with E-state index in [0.717, 1.165) is 0 Å². The molecule has 0 radical (unpaired) electrons. The van der Waals surface area contributed by atoms with Crippen molar-refractivity contribution in [1.29, 1.82) is 0 Å². The molecule has 4 rings (SSSR count). The van der Waals surface area contributed by atoms with E-state index in [-0.39, 0.29) is 18.1 Å². The summed E-state index contributed by atoms with van der Waals surface area (Å²) in [7, 11) is 3.03. The van der Waals surface area contributed by atoms with Crippen molar-refractivity contribution in [2.45, 2.75) is 63.8 Å². The number of methoxy groups -OCH3 is 2. The molecule has 2 saturated heterocycles. The topological polar surface area (TPSA) is 148 Å². The first-order valence-electron chi connectivity index (χ1n) is 12.7. The molecule has 0 aliphatic carbocycles. The number of fused-ring (bicyclic) bond motifs is 1. The van der Waals surface area contributed by atoms with Crippen LogP contribution in [0.15, 0.2) is 42.5 Å². The monoisotopic (exact) mass is 559 g/mol. The number of carbonyl (C=O) groups is 3. The highest BCUT2D eigenvalue weighted by Gasteiger charge is 2.53. The summed E-state index contributed by atoms with van der Waals surface area (Å²) < 4.78 is 41.3. The van der Waals surface area contributed by atoms with Gasteiger partial charge in [-0.3, -0.25) is 9.59 Å². The molecule has 0 saturated carbocycles. The summed E-state index contributed by atoms with van der Waals surface area (Å²) in [6.07, 6.45) is -5.97. The maximum absolute atomic E-state index is 12.3. The Bertz CT molecular complexity index is 1230. The summed E-state index contributed by atoms with van der Waals surface area (Å²) in [5.41, 5.74) is 0.932. The normalized spacial score (nSPS) is 26.6. The van der Waals surface area contributed by atoms with Crippen LogP contribution in [-0.2, 0) is 28.5 Å². The number of aliphatic carboxylic acids is 1. The third kappa shape index (κ3) is 6.36. The maximum atomic E-state index is 12.3. The molecule has 2 aliphatic heterocycles. The molecule has 2 fully saturated rings. The number of ketones is 1.